The fourth-order valence-corrected chi connectivity index (χ4v) is 2.36. The molecule has 0 saturated carbocycles. The molecule has 100 valence electrons. The largest absolute Gasteiger partial charge is 0.357 e. The van der Waals surface area contributed by atoms with Gasteiger partial charge in [-0.05, 0) is 35.4 Å². The number of hydrogen-bond donors (Lipinski definition) is 2. The summed E-state index contributed by atoms with van der Waals surface area (Å²) in [5, 5.41) is 1.36. The molecule has 3 N–H and O–H groups in total. The first-order valence-corrected chi connectivity index (χ1v) is 6.67. The van der Waals surface area contributed by atoms with Crippen LogP contribution in [0.3, 0.4) is 0 Å². The molecule has 0 atom stereocenters. The van der Waals surface area contributed by atoms with E-state index in [4.69, 9.17) is 17.3 Å². The average molecular weight is 285 g/mol. The van der Waals surface area contributed by atoms with Crippen LogP contribution in [0.15, 0.2) is 53.3 Å². The van der Waals surface area contributed by atoms with Crippen LogP contribution in [0.1, 0.15) is 5.69 Å². The Bertz CT molecular complexity index is 822. The first-order valence-electron chi connectivity index (χ1n) is 6.29. The van der Waals surface area contributed by atoms with E-state index in [0.29, 0.717) is 17.0 Å². The quantitative estimate of drug-likeness (QED) is 0.758. The van der Waals surface area contributed by atoms with Crippen molar-refractivity contribution in [3.05, 3.63) is 69.5 Å². The minimum absolute atomic E-state index is 0.0185. The fraction of sp³-hybridized carbons (Fsp3) is 0.0625. The third-order valence-corrected chi connectivity index (χ3v) is 3.54. The van der Waals surface area contributed by atoms with E-state index in [1.54, 1.807) is 6.07 Å². The van der Waals surface area contributed by atoms with Gasteiger partial charge in [0.15, 0.2) is 5.43 Å². The van der Waals surface area contributed by atoms with E-state index in [2.05, 4.69) is 4.98 Å². The van der Waals surface area contributed by atoms with Crippen molar-refractivity contribution in [2.45, 2.75) is 6.54 Å². The predicted octanol–water partition coefficient (Wildman–Crippen LogP) is 3.31. The molecule has 1 aromatic heterocycles. The molecule has 0 spiro atoms. The summed E-state index contributed by atoms with van der Waals surface area (Å²) in [6.45, 7) is 0.324. The van der Waals surface area contributed by atoms with Crippen LogP contribution in [0.4, 0.5) is 0 Å². The third kappa shape index (κ3) is 2.33. The van der Waals surface area contributed by atoms with Crippen molar-refractivity contribution < 1.29 is 0 Å². The molecule has 2 aromatic carbocycles. The Morgan fingerprint density at radius 3 is 2.40 bits per heavy atom. The summed E-state index contributed by atoms with van der Waals surface area (Å²) in [5.74, 6) is 0. The van der Waals surface area contributed by atoms with Crippen LogP contribution < -0.4 is 11.2 Å². The van der Waals surface area contributed by atoms with Crippen molar-refractivity contribution in [3.63, 3.8) is 0 Å². The first kappa shape index (κ1) is 12.9. The maximum absolute atomic E-state index is 12.1. The molecule has 3 nitrogen and oxygen atoms in total. The van der Waals surface area contributed by atoms with Gasteiger partial charge in [0.25, 0.3) is 0 Å². The molecule has 0 saturated heterocycles. The molecule has 0 amide bonds. The molecule has 3 rings (SSSR count). The summed E-state index contributed by atoms with van der Waals surface area (Å²) >= 11 is 5.89. The lowest BCUT2D eigenvalue weighted by molar-refractivity contribution is 1.00. The van der Waals surface area contributed by atoms with Gasteiger partial charge in [-0.1, -0.05) is 29.8 Å². The van der Waals surface area contributed by atoms with Crippen LogP contribution in [0.25, 0.3) is 22.0 Å². The van der Waals surface area contributed by atoms with Gasteiger partial charge >= 0.3 is 0 Å². The lowest BCUT2D eigenvalue weighted by Gasteiger charge is -2.06. The molecule has 3 aromatic rings. The smallest absolute Gasteiger partial charge is 0.189 e. The summed E-state index contributed by atoms with van der Waals surface area (Å²) < 4.78 is 0. The highest BCUT2D eigenvalue weighted by atomic mass is 35.5. The highest BCUT2D eigenvalue weighted by molar-refractivity contribution is 6.30. The minimum atomic E-state index is -0.0185. The van der Waals surface area contributed by atoms with Crippen molar-refractivity contribution in [1.29, 1.82) is 0 Å². The molecule has 0 fully saturated rings. The summed E-state index contributed by atoms with van der Waals surface area (Å²) in [4.78, 5) is 15.3. The van der Waals surface area contributed by atoms with Crippen molar-refractivity contribution >= 4 is 22.5 Å². The second-order valence-electron chi connectivity index (χ2n) is 4.63. The molecule has 20 heavy (non-hydrogen) atoms. The molecule has 0 bridgehead atoms. The number of fused-ring (bicyclic) bond motifs is 1. The van der Waals surface area contributed by atoms with Crippen LogP contribution in [0, 0.1) is 0 Å². The lowest BCUT2D eigenvalue weighted by atomic mass is 10.0. The summed E-state index contributed by atoms with van der Waals surface area (Å²) in [6, 6.07) is 14.9. The average Bonchev–Trinajstić information content (AvgIpc) is 2.47. The first-order chi connectivity index (χ1) is 9.67. The van der Waals surface area contributed by atoms with Crippen LogP contribution in [0.5, 0.6) is 0 Å². The number of pyridine rings is 1. The van der Waals surface area contributed by atoms with Gasteiger partial charge in [0.05, 0.1) is 0 Å². The number of halogens is 1. The zero-order chi connectivity index (χ0) is 14.1. The summed E-state index contributed by atoms with van der Waals surface area (Å²) in [6.07, 6.45) is 0. The van der Waals surface area contributed by atoms with Gasteiger partial charge in [0.1, 0.15) is 0 Å². The van der Waals surface area contributed by atoms with Gasteiger partial charge in [-0.3, -0.25) is 4.79 Å². The molecule has 0 aliphatic heterocycles. The lowest BCUT2D eigenvalue weighted by Crippen LogP contribution is -2.08. The molecule has 4 heteroatoms. The highest BCUT2D eigenvalue weighted by Crippen LogP contribution is 2.23. The van der Waals surface area contributed by atoms with Gasteiger partial charge in [0, 0.05) is 34.2 Å². The Morgan fingerprint density at radius 2 is 1.70 bits per heavy atom. The molecule has 0 aliphatic carbocycles. The standard InChI is InChI=1S/C16H13ClN2O/c17-12-4-1-10(2-5-12)11-3-6-15-14(7-11)16(20)8-13(9-18)19-15/h1-8H,9,18H2,(H,19,20). The normalized spacial score (nSPS) is 10.9. The van der Waals surface area contributed by atoms with Crippen molar-refractivity contribution in [3.8, 4) is 11.1 Å². The Kier molecular flexibility index (Phi) is 3.30. The zero-order valence-corrected chi connectivity index (χ0v) is 11.4. The summed E-state index contributed by atoms with van der Waals surface area (Å²) in [5.41, 5.74) is 9.10. The molecule has 0 aliphatic rings. The number of aromatic amines is 1. The molecule has 0 unspecified atom stereocenters. The van der Waals surface area contributed by atoms with Gasteiger partial charge in [-0.15, -0.1) is 0 Å². The monoisotopic (exact) mass is 284 g/mol. The molecule has 1 heterocycles. The highest BCUT2D eigenvalue weighted by Gasteiger charge is 2.04. The number of H-pyrrole nitrogens is 1. The van der Waals surface area contributed by atoms with Crippen LogP contribution in [0.2, 0.25) is 5.02 Å². The van der Waals surface area contributed by atoms with E-state index < -0.39 is 0 Å². The van der Waals surface area contributed by atoms with Crippen LogP contribution >= 0.6 is 11.6 Å². The Labute approximate surface area is 121 Å². The maximum Gasteiger partial charge on any atom is 0.189 e. The topological polar surface area (TPSA) is 58.9 Å². The third-order valence-electron chi connectivity index (χ3n) is 3.28. The van der Waals surface area contributed by atoms with Gasteiger partial charge in [0.2, 0.25) is 0 Å². The van der Waals surface area contributed by atoms with E-state index in [-0.39, 0.29) is 5.43 Å². The number of benzene rings is 2. The maximum atomic E-state index is 12.1. The van der Waals surface area contributed by atoms with Gasteiger partial charge in [-0.2, -0.15) is 0 Å². The number of aromatic nitrogens is 1. The Morgan fingerprint density at radius 1 is 1.00 bits per heavy atom. The number of nitrogens with two attached hydrogens (primary N) is 1. The van der Waals surface area contributed by atoms with Crippen molar-refractivity contribution in [2.24, 2.45) is 5.73 Å². The Hall–Kier alpha value is -2.10. The Balaban J connectivity index is 2.18. The number of hydrogen-bond acceptors (Lipinski definition) is 2. The van der Waals surface area contributed by atoms with Gasteiger partial charge in [-0.25, -0.2) is 0 Å². The van der Waals surface area contributed by atoms with E-state index in [0.717, 1.165) is 22.3 Å². The SMILES string of the molecule is NCc1cc(=O)c2cc(-c3ccc(Cl)cc3)ccc2[nH]1. The minimum Gasteiger partial charge on any atom is -0.357 e. The fourth-order valence-electron chi connectivity index (χ4n) is 2.23. The zero-order valence-electron chi connectivity index (χ0n) is 10.7. The van der Waals surface area contributed by atoms with E-state index in [9.17, 15) is 4.79 Å². The van der Waals surface area contributed by atoms with Crippen molar-refractivity contribution in [1.82, 2.24) is 4.98 Å². The molecule has 0 radical (unpaired) electrons. The van der Waals surface area contributed by atoms with Crippen LogP contribution in [-0.2, 0) is 6.54 Å². The van der Waals surface area contributed by atoms with E-state index >= 15 is 0 Å². The summed E-state index contributed by atoms with van der Waals surface area (Å²) in [7, 11) is 0. The predicted molar refractivity (Wildman–Crippen MR) is 82.9 cm³/mol. The molecular weight excluding hydrogens is 272 g/mol. The number of nitrogens with one attached hydrogen (secondary N) is 1. The molecular formula is C16H13ClN2O. The second-order valence-corrected chi connectivity index (χ2v) is 5.07. The number of rotatable bonds is 2. The van der Waals surface area contributed by atoms with E-state index in [1.807, 2.05) is 42.5 Å². The van der Waals surface area contributed by atoms with Crippen LogP contribution in [-0.4, -0.2) is 4.98 Å². The second kappa shape index (κ2) is 5.12. The van der Waals surface area contributed by atoms with E-state index in [1.165, 1.54) is 0 Å². The van der Waals surface area contributed by atoms with Gasteiger partial charge < -0.3 is 10.7 Å². The van der Waals surface area contributed by atoms with Crippen molar-refractivity contribution in [2.75, 3.05) is 0 Å².